The zero-order chi connectivity index (χ0) is 7.56. The van der Waals surface area contributed by atoms with Gasteiger partial charge >= 0.3 is 0 Å². The summed E-state index contributed by atoms with van der Waals surface area (Å²) < 4.78 is 0. The largest absolute Gasteiger partial charge is 0.291 e. The third-order valence-corrected chi connectivity index (χ3v) is 1.74. The van der Waals surface area contributed by atoms with Crippen molar-refractivity contribution in [1.82, 2.24) is 0 Å². The molecular weight excluding hydrogens is 128 g/mol. The molecule has 0 saturated heterocycles. The van der Waals surface area contributed by atoms with E-state index in [1.54, 1.807) is 13.0 Å². The summed E-state index contributed by atoms with van der Waals surface area (Å²) in [7, 11) is 0. The van der Waals surface area contributed by atoms with Crippen LogP contribution in [-0.2, 0) is 9.59 Å². The molecule has 0 heterocycles. The van der Waals surface area contributed by atoms with Crippen LogP contribution in [0.1, 0.15) is 26.2 Å². The number of Topliss-reactive ketones (excluding diaryl/α,β-unsaturated/α-hetero) is 2. The van der Waals surface area contributed by atoms with Crippen molar-refractivity contribution in [1.29, 1.82) is 0 Å². The highest BCUT2D eigenvalue weighted by Crippen LogP contribution is 2.16. The number of hydrogen-bond donors (Lipinski definition) is 0. The first kappa shape index (κ1) is 7.19. The number of hydrogen-bond acceptors (Lipinski definition) is 2. The molecule has 0 radical (unpaired) electrons. The molecule has 0 amide bonds. The van der Waals surface area contributed by atoms with Gasteiger partial charge in [0, 0.05) is 6.42 Å². The highest BCUT2D eigenvalue weighted by atomic mass is 16.2. The average molecular weight is 138 g/mol. The van der Waals surface area contributed by atoms with E-state index in [1.807, 2.05) is 0 Å². The van der Waals surface area contributed by atoms with Gasteiger partial charge in [0.2, 0.25) is 11.6 Å². The molecule has 1 rings (SSSR count). The summed E-state index contributed by atoms with van der Waals surface area (Å²) in [6.07, 6.45) is 3.79. The molecule has 0 bridgehead atoms. The lowest BCUT2D eigenvalue weighted by Gasteiger charge is -2.09. The van der Waals surface area contributed by atoms with Crippen LogP contribution in [0.25, 0.3) is 0 Å². The first-order valence-corrected chi connectivity index (χ1v) is 3.48. The molecule has 2 heteroatoms. The molecule has 2 nitrogen and oxygen atoms in total. The standard InChI is InChI=1S/C8H10O2/c1-2-6-4-3-5-7(9)8(6)10/h2H,3-5H2,1H3. The fourth-order valence-corrected chi connectivity index (χ4v) is 1.12. The van der Waals surface area contributed by atoms with Crippen LogP contribution in [0.3, 0.4) is 0 Å². The van der Waals surface area contributed by atoms with E-state index in [1.165, 1.54) is 0 Å². The van der Waals surface area contributed by atoms with E-state index in [-0.39, 0.29) is 11.6 Å². The Bertz CT molecular complexity index is 201. The van der Waals surface area contributed by atoms with Gasteiger partial charge in [-0.1, -0.05) is 6.08 Å². The summed E-state index contributed by atoms with van der Waals surface area (Å²) in [5.41, 5.74) is 0.691. The zero-order valence-electron chi connectivity index (χ0n) is 6.02. The third kappa shape index (κ3) is 1.15. The predicted molar refractivity (Wildman–Crippen MR) is 37.6 cm³/mol. The molecular formula is C8H10O2. The Morgan fingerprint density at radius 2 is 2.00 bits per heavy atom. The van der Waals surface area contributed by atoms with Gasteiger partial charge in [-0.3, -0.25) is 9.59 Å². The van der Waals surface area contributed by atoms with E-state index in [4.69, 9.17) is 0 Å². The Kier molecular flexibility index (Phi) is 2.00. The lowest BCUT2D eigenvalue weighted by Crippen LogP contribution is -2.20. The lowest BCUT2D eigenvalue weighted by atomic mass is 9.92. The lowest BCUT2D eigenvalue weighted by molar-refractivity contribution is -0.135. The minimum Gasteiger partial charge on any atom is -0.291 e. The van der Waals surface area contributed by atoms with Gasteiger partial charge in [0.05, 0.1) is 0 Å². The van der Waals surface area contributed by atoms with Gasteiger partial charge < -0.3 is 0 Å². The van der Waals surface area contributed by atoms with Gasteiger partial charge in [0.15, 0.2) is 0 Å². The topological polar surface area (TPSA) is 34.1 Å². The molecule has 1 aliphatic rings. The fraction of sp³-hybridized carbons (Fsp3) is 0.500. The molecule has 0 aliphatic heterocycles. The minimum atomic E-state index is -0.270. The van der Waals surface area contributed by atoms with Crippen molar-refractivity contribution in [3.63, 3.8) is 0 Å². The smallest absolute Gasteiger partial charge is 0.224 e. The SMILES string of the molecule is CC=C1CCCC(=O)C1=O. The highest BCUT2D eigenvalue weighted by molar-refractivity contribution is 6.44. The molecule has 0 atom stereocenters. The van der Waals surface area contributed by atoms with Crippen molar-refractivity contribution in [3.05, 3.63) is 11.6 Å². The van der Waals surface area contributed by atoms with Crippen molar-refractivity contribution in [2.75, 3.05) is 0 Å². The van der Waals surface area contributed by atoms with Crippen LogP contribution < -0.4 is 0 Å². The van der Waals surface area contributed by atoms with Crippen molar-refractivity contribution in [2.24, 2.45) is 0 Å². The van der Waals surface area contributed by atoms with Crippen LogP contribution in [0.4, 0.5) is 0 Å². The maximum atomic E-state index is 10.9. The molecule has 0 aromatic carbocycles. The second kappa shape index (κ2) is 2.78. The highest BCUT2D eigenvalue weighted by Gasteiger charge is 2.22. The Balaban J connectivity index is 2.79. The van der Waals surface area contributed by atoms with Gasteiger partial charge in [-0.25, -0.2) is 0 Å². The number of carbonyl (C=O) groups excluding carboxylic acids is 2. The van der Waals surface area contributed by atoms with Crippen LogP contribution >= 0.6 is 0 Å². The second-order valence-electron chi connectivity index (χ2n) is 2.42. The zero-order valence-corrected chi connectivity index (χ0v) is 6.02. The maximum absolute atomic E-state index is 10.9. The van der Waals surface area contributed by atoms with E-state index in [9.17, 15) is 9.59 Å². The molecule has 0 N–H and O–H groups in total. The molecule has 10 heavy (non-hydrogen) atoms. The predicted octanol–water partition coefficient (Wildman–Crippen LogP) is 1.25. The van der Waals surface area contributed by atoms with Gasteiger partial charge in [0.1, 0.15) is 0 Å². The van der Waals surface area contributed by atoms with Crippen LogP contribution in [0.15, 0.2) is 11.6 Å². The van der Waals surface area contributed by atoms with Crippen molar-refractivity contribution < 1.29 is 9.59 Å². The Morgan fingerprint density at radius 1 is 1.30 bits per heavy atom. The summed E-state index contributed by atoms with van der Waals surface area (Å²) in [5, 5.41) is 0. The van der Waals surface area contributed by atoms with Gasteiger partial charge in [0.25, 0.3) is 0 Å². The van der Waals surface area contributed by atoms with E-state index in [0.717, 1.165) is 12.8 Å². The summed E-state index contributed by atoms with van der Waals surface area (Å²) in [5.74, 6) is -0.492. The molecule has 1 fully saturated rings. The maximum Gasteiger partial charge on any atom is 0.224 e. The monoisotopic (exact) mass is 138 g/mol. The third-order valence-electron chi connectivity index (χ3n) is 1.74. The molecule has 1 saturated carbocycles. The number of allylic oxidation sites excluding steroid dienone is 2. The van der Waals surface area contributed by atoms with Gasteiger partial charge in [-0.15, -0.1) is 0 Å². The molecule has 0 spiro atoms. The summed E-state index contributed by atoms with van der Waals surface area (Å²) >= 11 is 0. The molecule has 0 aromatic rings. The van der Waals surface area contributed by atoms with Crippen LogP contribution in [-0.4, -0.2) is 11.6 Å². The summed E-state index contributed by atoms with van der Waals surface area (Å²) in [6, 6.07) is 0. The summed E-state index contributed by atoms with van der Waals surface area (Å²) in [4.78, 5) is 21.7. The van der Waals surface area contributed by atoms with Crippen LogP contribution in [0.2, 0.25) is 0 Å². The average Bonchev–Trinajstić information content (AvgIpc) is 1.95. The summed E-state index contributed by atoms with van der Waals surface area (Å²) in [6.45, 7) is 1.80. The molecule has 54 valence electrons. The first-order valence-electron chi connectivity index (χ1n) is 3.48. The number of ketones is 2. The second-order valence-corrected chi connectivity index (χ2v) is 2.42. The molecule has 0 aromatic heterocycles. The van der Waals surface area contributed by atoms with Crippen molar-refractivity contribution in [2.45, 2.75) is 26.2 Å². The fourth-order valence-electron chi connectivity index (χ4n) is 1.12. The quantitative estimate of drug-likeness (QED) is 0.373. The molecule has 0 unspecified atom stereocenters. The van der Waals surface area contributed by atoms with Gasteiger partial charge in [-0.2, -0.15) is 0 Å². The first-order chi connectivity index (χ1) is 4.75. The Hall–Kier alpha value is -0.920. The Labute approximate surface area is 59.9 Å². The van der Waals surface area contributed by atoms with Crippen molar-refractivity contribution in [3.8, 4) is 0 Å². The van der Waals surface area contributed by atoms with Crippen LogP contribution in [0.5, 0.6) is 0 Å². The van der Waals surface area contributed by atoms with Gasteiger partial charge in [-0.05, 0) is 25.3 Å². The van der Waals surface area contributed by atoms with E-state index in [2.05, 4.69) is 0 Å². The number of rotatable bonds is 0. The molecule has 1 aliphatic carbocycles. The van der Waals surface area contributed by atoms with Crippen LogP contribution in [0, 0.1) is 0 Å². The van der Waals surface area contributed by atoms with Crippen molar-refractivity contribution >= 4 is 11.6 Å². The minimum absolute atomic E-state index is 0.223. The van der Waals surface area contributed by atoms with E-state index >= 15 is 0 Å². The van der Waals surface area contributed by atoms with E-state index < -0.39 is 0 Å². The Morgan fingerprint density at radius 3 is 2.50 bits per heavy atom. The number of carbonyl (C=O) groups is 2. The van der Waals surface area contributed by atoms with E-state index in [0.29, 0.717) is 12.0 Å². The normalized spacial score (nSPS) is 23.9.